The van der Waals surface area contributed by atoms with Crippen molar-refractivity contribution in [2.45, 2.75) is 31.2 Å². The van der Waals surface area contributed by atoms with Crippen molar-refractivity contribution in [3.8, 4) is 0 Å². The van der Waals surface area contributed by atoms with Crippen LogP contribution in [0.2, 0.25) is 5.02 Å². The molecule has 3 aromatic rings. The minimum Gasteiger partial charge on any atom is -0.394 e. The fourth-order valence-corrected chi connectivity index (χ4v) is 5.24. The fraction of sp³-hybridized carbons (Fsp3) is 0.269. The van der Waals surface area contributed by atoms with E-state index in [0.717, 1.165) is 11.1 Å². The quantitative estimate of drug-likeness (QED) is 0.447. The Morgan fingerprint density at radius 1 is 0.971 bits per heavy atom. The summed E-state index contributed by atoms with van der Waals surface area (Å²) in [7, 11) is -2.20. The van der Waals surface area contributed by atoms with Crippen molar-refractivity contribution < 1.29 is 18.3 Å². The van der Waals surface area contributed by atoms with Gasteiger partial charge in [0.15, 0.2) is 0 Å². The standard InChI is InChI=1S/C26H29ClN2O4S/c1-20-7-14-24(15-8-20)34(32,33)29(17-18-30)25-6-4-3-5-22(25)19-28(2)26(31)16-11-21-9-12-23(27)13-10-21/h3-10,12-15,30H,11,16-19H2,1-2H3. The number of halogens is 1. The number of rotatable bonds is 10. The van der Waals surface area contributed by atoms with Crippen LogP contribution in [0.15, 0.2) is 77.7 Å². The first kappa shape index (κ1) is 25.7. The van der Waals surface area contributed by atoms with Crippen LogP contribution in [-0.4, -0.2) is 44.5 Å². The van der Waals surface area contributed by atoms with Crippen molar-refractivity contribution in [1.82, 2.24) is 4.90 Å². The summed E-state index contributed by atoms with van der Waals surface area (Å²) in [5.74, 6) is -0.0557. The third kappa shape index (κ3) is 6.38. The second kappa shape index (κ2) is 11.5. The molecular weight excluding hydrogens is 472 g/mol. The Bertz CT molecular complexity index is 1210. The van der Waals surface area contributed by atoms with Crippen LogP contribution in [0.4, 0.5) is 5.69 Å². The van der Waals surface area contributed by atoms with Crippen molar-refractivity contribution in [1.29, 1.82) is 0 Å². The van der Waals surface area contributed by atoms with E-state index in [2.05, 4.69) is 0 Å². The maximum atomic E-state index is 13.4. The second-order valence-electron chi connectivity index (χ2n) is 8.12. The fourth-order valence-electron chi connectivity index (χ4n) is 3.62. The number of anilines is 1. The van der Waals surface area contributed by atoms with Gasteiger partial charge in [0, 0.05) is 25.0 Å². The lowest BCUT2D eigenvalue weighted by Crippen LogP contribution is -2.35. The summed E-state index contributed by atoms with van der Waals surface area (Å²) < 4.78 is 28.0. The van der Waals surface area contributed by atoms with Crippen molar-refractivity contribution in [3.05, 3.63) is 94.5 Å². The third-order valence-corrected chi connectivity index (χ3v) is 7.63. The maximum absolute atomic E-state index is 13.4. The summed E-state index contributed by atoms with van der Waals surface area (Å²) in [6.07, 6.45) is 0.906. The van der Waals surface area contributed by atoms with Crippen molar-refractivity contribution in [3.63, 3.8) is 0 Å². The Hall–Kier alpha value is -2.87. The van der Waals surface area contributed by atoms with Gasteiger partial charge in [0.2, 0.25) is 5.91 Å². The van der Waals surface area contributed by atoms with Crippen molar-refractivity contribution in [2.75, 3.05) is 24.5 Å². The van der Waals surface area contributed by atoms with Gasteiger partial charge in [-0.2, -0.15) is 0 Å². The predicted molar refractivity (Wildman–Crippen MR) is 135 cm³/mol. The van der Waals surface area contributed by atoms with Gasteiger partial charge in [-0.25, -0.2) is 8.42 Å². The number of aryl methyl sites for hydroxylation is 2. The first-order valence-electron chi connectivity index (χ1n) is 11.0. The van der Waals surface area contributed by atoms with Crippen LogP contribution in [0.5, 0.6) is 0 Å². The first-order valence-corrected chi connectivity index (χ1v) is 12.8. The van der Waals surface area contributed by atoms with E-state index < -0.39 is 10.0 Å². The second-order valence-corrected chi connectivity index (χ2v) is 10.4. The predicted octanol–water partition coefficient (Wildman–Crippen LogP) is 4.43. The highest BCUT2D eigenvalue weighted by Crippen LogP contribution is 2.28. The van der Waals surface area contributed by atoms with Crippen LogP contribution < -0.4 is 4.31 Å². The number of carbonyl (C=O) groups excluding carboxylic acids is 1. The number of aliphatic hydroxyl groups excluding tert-OH is 1. The molecule has 0 bridgehead atoms. The van der Waals surface area contributed by atoms with Gasteiger partial charge in [-0.1, -0.05) is 59.6 Å². The lowest BCUT2D eigenvalue weighted by molar-refractivity contribution is -0.130. The Kier molecular flexibility index (Phi) is 8.72. The summed E-state index contributed by atoms with van der Waals surface area (Å²) in [6.45, 7) is 1.69. The number of hydrogen-bond donors (Lipinski definition) is 1. The summed E-state index contributed by atoms with van der Waals surface area (Å²) in [6, 6.07) is 21.0. The van der Waals surface area contributed by atoms with Crippen LogP contribution in [0.1, 0.15) is 23.1 Å². The molecule has 0 aliphatic carbocycles. The topological polar surface area (TPSA) is 77.9 Å². The molecule has 3 rings (SSSR count). The minimum absolute atomic E-state index is 0.0557. The van der Waals surface area contributed by atoms with Gasteiger partial charge in [0.1, 0.15) is 0 Å². The summed E-state index contributed by atoms with van der Waals surface area (Å²) >= 11 is 5.92. The highest BCUT2D eigenvalue weighted by Gasteiger charge is 2.26. The van der Waals surface area contributed by atoms with E-state index in [1.54, 1.807) is 72.6 Å². The molecule has 0 aliphatic heterocycles. The van der Waals surface area contributed by atoms with Gasteiger partial charge in [-0.3, -0.25) is 9.10 Å². The molecule has 0 radical (unpaired) electrons. The van der Waals surface area contributed by atoms with Crippen LogP contribution in [0, 0.1) is 6.92 Å². The lowest BCUT2D eigenvalue weighted by atomic mass is 10.1. The molecule has 0 unspecified atom stereocenters. The number of hydrogen-bond acceptors (Lipinski definition) is 4. The SMILES string of the molecule is Cc1ccc(S(=O)(=O)N(CCO)c2ccccc2CN(C)C(=O)CCc2ccc(Cl)cc2)cc1. The number of para-hydroxylation sites is 1. The zero-order chi connectivity index (χ0) is 24.7. The monoisotopic (exact) mass is 500 g/mol. The smallest absolute Gasteiger partial charge is 0.264 e. The van der Waals surface area contributed by atoms with E-state index in [-0.39, 0.29) is 30.5 Å². The average Bonchev–Trinajstić information content (AvgIpc) is 2.82. The molecule has 0 aliphatic rings. The zero-order valence-corrected chi connectivity index (χ0v) is 20.9. The highest BCUT2D eigenvalue weighted by molar-refractivity contribution is 7.92. The third-order valence-electron chi connectivity index (χ3n) is 5.55. The van der Waals surface area contributed by atoms with Gasteiger partial charge in [-0.05, 0) is 54.8 Å². The molecule has 0 atom stereocenters. The Morgan fingerprint density at radius 3 is 2.26 bits per heavy atom. The molecule has 6 nitrogen and oxygen atoms in total. The molecule has 0 saturated carbocycles. The molecule has 0 fully saturated rings. The normalized spacial score (nSPS) is 11.3. The molecule has 1 N–H and O–H groups in total. The van der Waals surface area contributed by atoms with E-state index in [1.165, 1.54) is 4.31 Å². The summed E-state index contributed by atoms with van der Waals surface area (Å²) in [4.78, 5) is 14.5. The Labute approximate surface area is 206 Å². The van der Waals surface area contributed by atoms with Crippen molar-refractivity contribution >= 4 is 33.2 Å². The van der Waals surface area contributed by atoms with E-state index in [4.69, 9.17) is 11.6 Å². The van der Waals surface area contributed by atoms with Crippen LogP contribution in [0.3, 0.4) is 0 Å². The van der Waals surface area contributed by atoms with Crippen LogP contribution >= 0.6 is 11.6 Å². The molecule has 0 aromatic heterocycles. The summed E-state index contributed by atoms with van der Waals surface area (Å²) in [5.41, 5.74) is 3.08. The Morgan fingerprint density at radius 2 is 1.62 bits per heavy atom. The zero-order valence-electron chi connectivity index (χ0n) is 19.3. The van der Waals surface area contributed by atoms with E-state index in [9.17, 15) is 18.3 Å². The molecule has 1 amide bonds. The van der Waals surface area contributed by atoms with Crippen LogP contribution in [0.25, 0.3) is 0 Å². The van der Waals surface area contributed by atoms with Crippen molar-refractivity contribution in [2.24, 2.45) is 0 Å². The average molecular weight is 501 g/mol. The number of sulfonamides is 1. The molecule has 0 saturated heterocycles. The van der Waals surface area contributed by atoms with Crippen LogP contribution in [-0.2, 0) is 27.8 Å². The Balaban J connectivity index is 1.80. The van der Waals surface area contributed by atoms with Gasteiger partial charge in [0.25, 0.3) is 10.0 Å². The van der Waals surface area contributed by atoms with Gasteiger partial charge in [-0.15, -0.1) is 0 Å². The molecule has 0 heterocycles. The molecule has 180 valence electrons. The molecule has 0 spiro atoms. The molecular formula is C26H29ClN2O4S. The van der Waals surface area contributed by atoms with E-state index in [0.29, 0.717) is 29.1 Å². The highest BCUT2D eigenvalue weighted by atomic mass is 35.5. The molecule has 34 heavy (non-hydrogen) atoms. The lowest BCUT2D eigenvalue weighted by Gasteiger charge is -2.27. The minimum atomic E-state index is -3.90. The van der Waals surface area contributed by atoms with Gasteiger partial charge < -0.3 is 10.0 Å². The van der Waals surface area contributed by atoms with E-state index in [1.807, 2.05) is 19.1 Å². The number of carbonyl (C=O) groups is 1. The number of benzene rings is 3. The van der Waals surface area contributed by atoms with Gasteiger partial charge >= 0.3 is 0 Å². The van der Waals surface area contributed by atoms with E-state index >= 15 is 0 Å². The number of aliphatic hydroxyl groups is 1. The first-order chi connectivity index (χ1) is 16.2. The summed E-state index contributed by atoms with van der Waals surface area (Å²) in [5, 5.41) is 10.3. The number of amides is 1. The largest absolute Gasteiger partial charge is 0.394 e. The maximum Gasteiger partial charge on any atom is 0.264 e. The molecule has 8 heteroatoms. The number of nitrogens with zero attached hydrogens (tertiary/aromatic N) is 2. The van der Waals surface area contributed by atoms with Gasteiger partial charge in [0.05, 0.1) is 23.7 Å². The molecule has 3 aromatic carbocycles.